The fourth-order valence-electron chi connectivity index (χ4n) is 1.42. The number of fused-ring (bicyclic) bond motifs is 1. The predicted molar refractivity (Wildman–Crippen MR) is 68.5 cm³/mol. The van der Waals surface area contributed by atoms with E-state index >= 15 is 0 Å². The van der Waals surface area contributed by atoms with Crippen molar-refractivity contribution in [2.45, 2.75) is 4.90 Å². The summed E-state index contributed by atoms with van der Waals surface area (Å²) >= 11 is 6.06. The molecule has 0 fully saturated rings. The molecule has 0 aliphatic rings. The van der Waals surface area contributed by atoms with Crippen molar-refractivity contribution in [3.8, 4) is 0 Å². The number of rotatable bonds is 3. The molecule has 0 radical (unpaired) electrons. The maximum Gasteiger partial charge on any atom is 0.00786 e. The number of thiol groups is 1. The molecular weight excluding hydrogens is 208 g/mol. The van der Waals surface area contributed by atoms with Crippen molar-refractivity contribution in [2.75, 3.05) is 11.5 Å². The molecule has 0 aliphatic heterocycles. The molecule has 0 amide bonds. The van der Waals surface area contributed by atoms with E-state index in [1.807, 2.05) is 11.8 Å². The summed E-state index contributed by atoms with van der Waals surface area (Å²) in [5.74, 6) is 2.00. The van der Waals surface area contributed by atoms with E-state index in [2.05, 4.69) is 55.1 Å². The molecular formula is C12H12S2. The summed E-state index contributed by atoms with van der Waals surface area (Å²) in [6.07, 6.45) is 0. The van der Waals surface area contributed by atoms with Crippen LogP contribution >= 0.6 is 24.4 Å². The first-order chi connectivity index (χ1) is 6.90. The van der Waals surface area contributed by atoms with Crippen molar-refractivity contribution in [3.05, 3.63) is 42.5 Å². The Balaban J connectivity index is 2.32. The monoisotopic (exact) mass is 220 g/mol. The first-order valence-electron chi connectivity index (χ1n) is 4.62. The highest BCUT2D eigenvalue weighted by molar-refractivity contribution is 8.00. The molecule has 2 rings (SSSR count). The second kappa shape index (κ2) is 4.76. The van der Waals surface area contributed by atoms with Gasteiger partial charge in [-0.05, 0) is 28.7 Å². The Morgan fingerprint density at radius 2 is 1.79 bits per heavy atom. The van der Waals surface area contributed by atoms with Crippen molar-refractivity contribution >= 4 is 35.2 Å². The van der Waals surface area contributed by atoms with Crippen LogP contribution in [0.2, 0.25) is 0 Å². The molecule has 2 heteroatoms. The van der Waals surface area contributed by atoms with Crippen LogP contribution in [0.25, 0.3) is 10.8 Å². The lowest BCUT2D eigenvalue weighted by molar-refractivity contribution is 1.47. The topological polar surface area (TPSA) is 0 Å². The van der Waals surface area contributed by atoms with Crippen LogP contribution in [-0.4, -0.2) is 11.5 Å². The Morgan fingerprint density at radius 3 is 2.57 bits per heavy atom. The molecule has 0 unspecified atom stereocenters. The van der Waals surface area contributed by atoms with E-state index in [0.717, 1.165) is 11.5 Å². The van der Waals surface area contributed by atoms with Crippen LogP contribution in [0, 0.1) is 0 Å². The van der Waals surface area contributed by atoms with Crippen molar-refractivity contribution < 1.29 is 0 Å². The zero-order valence-corrected chi connectivity index (χ0v) is 9.52. The highest BCUT2D eigenvalue weighted by atomic mass is 32.2. The van der Waals surface area contributed by atoms with Crippen LogP contribution in [0.15, 0.2) is 47.4 Å². The lowest BCUT2D eigenvalue weighted by atomic mass is 10.1. The largest absolute Gasteiger partial charge is 0.178 e. The average Bonchev–Trinajstić information content (AvgIpc) is 2.26. The van der Waals surface area contributed by atoms with Crippen LogP contribution in [0.3, 0.4) is 0 Å². The normalized spacial score (nSPS) is 10.6. The quantitative estimate of drug-likeness (QED) is 0.605. The molecule has 0 heterocycles. The summed E-state index contributed by atoms with van der Waals surface area (Å²) in [4.78, 5) is 1.33. The number of hydrogen-bond donors (Lipinski definition) is 1. The van der Waals surface area contributed by atoms with Gasteiger partial charge in [0.25, 0.3) is 0 Å². The van der Waals surface area contributed by atoms with Gasteiger partial charge in [0.2, 0.25) is 0 Å². The SMILES string of the molecule is SCCSc1ccc2ccccc2c1. The molecule has 0 atom stereocenters. The van der Waals surface area contributed by atoms with E-state index in [9.17, 15) is 0 Å². The highest BCUT2D eigenvalue weighted by Gasteiger charge is 1.95. The minimum absolute atomic E-state index is 0.928. The fraction of sp³-hybridized carbons (Fsp3) is 0.167. The van der Waals surface area contributed by atoms with Gasteiger partial charge in [0.1, 0.15) is 0 Å². The average molecular weight is 220 g/mol. The molecule has 72 valence electrons. The van der Waals surface area contributed by atoms with Gasteiger partial charge in [-0.25, -0.2) is 0 Å². The molecule has 2 aromatic rings. The standard InChI is InChI=1S/C12H12S2/c13-7-8-14-12-6-5-10-3-1-2-4-11(10)9-12/h1-6,9,13H,7-8H2. The highest BCUT2D eigenvalue weighted by Crippen LogP contribution is 2.23. The molecule has 0 aliphatic carbocycles. The fourth-order valence-corrected chi connectivity index (χ4v) is 2.40. The summed E-state index contributed by atoms with van der Waals surface area (Å²) in [5, 5.41) is 2.62. The smallest absolute Gasteiger partial charge is 0.00786 e. The maximum absolute atomic E-state index is 4.20. The minimum Gasteiger partial charge on any atom is -0.178 e. The molecule has 14 heavy (non-hydrogen) atoms. The van der Waals surface area contributed by atoms with Crippen molar-refractivity contribution in [2.24, 2.45) is 0 Å². The first-order valence-corrected chi connectivity index (χ1v) is 6.24. The zero-order chi connectivity index (χ0) is 9.80. The predicted octanol–water partition coefficient (Wildman–Crippen LogP) is 3.86. The van der Waals surface area contributed by atoms with Crippen LogP contribution in [0.5, 0.6) is 0 Å². The van der Waals surface area contributed by atoms with Crippen molar-refractivity contribution in [1.82, 2.24) is 0 Å². The van der Waals surface area contributed by atoms with Crippen LogP contribution < -0.4 is 0 Å². The summed E-state index contributed by atoms with van der Waals surface area (Å²) in [6, 6.07) is 15.0. The van der Waals surface area contributed by atoms with Gasteiger partial charge in [0.15, 0.2) is 0 Å². The van der Waals surface area contributed by atoms with Crippen LogP contribution in [0.1, 0.15) is 0 Å². The van der Waals surface area contributed by atoms with E-state index in [1.54, 1.807) is 0 Å². The van der Waals surface area contributed by atoms with Gasteiger partial charge in [-0.3, -0.25) is 0 Å². The Bertz CT molecular complexity index is 423. The molecule has 0 nitrogen and oxygen atoms in total. The lowest BCUT2D eigenvalue weighted by Gasteiger charge is -2.01. The third kappa shape index (κ3) is 2.25. The Hall–Kier alpha value is -0.600. The zero-order valence-electron chi connectivity index (χ0n) is 7.81. The minimum atomic E-state index is 0.928. The van der Waals surface area contributed by atoms with Gasteiger partial charge in [-0.2, -0.15) is 12.6 Å². The van der Waals surface area contributed by atoms with Crippen molar-refractivity contribution in [1.29, 1.82) is 0 Å². The summed E-state index contributed by atoms with van der Waals surface area (Å²) in [6.45, 7) is 0. The van der Waals surface area contributed by atoms with Gasteiger partial charge in [-0.1, -0.05) is 30.3 Å². The lowest BCUT2D eigenvalue weighted by Crippen LogP contribution is -1.79. The number of benzene rings is 2. The van der Waals surface area contributed by atoms with E-state index in [0.29, 0.717) is 0 Å². The van der Waals surface area contributed by atoms with Gasteiger partial charge in [-0.15, -0.1) is 11.8 Å². The molecule has 0 saturated carbocycles. The molecule has 0 spiro atoms. The Kier molecular flexibility index (Phi) is 3.38. The third-order valence-corrected chi connectivity index (χ3v) is 3.60. The molecule has 0 saturated heterocycles. The van der Waals surface area contributed by atoms with Gasteiger partial charge in [0.05, 0.1) is 0 Å². The van der Waals surface area contributed by atoms with E-state index in [1.165, 1.54) is 15.7 Å². The number of thioether (sulfide) groups is 1. The summed E-state index contributed by atoms with van der Waals surface area (Å²) < 4.78 is 0. The first kappa shape index (κ1) is 9.94. The van der Waals surface area contributed by atoms with Crippen LogP contribution in [-0.2, 0) is 0 Å². The molecule has 0 N–H and O–H groups in total. The third-order valence-electron chi connectivity index (χ3n) is 2.08. The molecule has 0 bridgehead atoms. The summed E-state index contributed by atoms with van der Waals surface area (Å²) in [7, 11) is 0. The van der Waals surface area contributed by atoms with E-state index < -0.39 is 0 Å². The molecule has 0 aromatic heterocycles. The maximum atomic E-state index is 4.20. The summed E-state index contributed by atoms with van der Waals surface area (Å²) in [5.41, 5.74) is 0. The second-order valence-corrected chi connectivity index (χ2v) is 4.70. The second-order valence-electron chi connectivity index (χ2n) is 3.08. The van der Waals surface area contributed by atoms with Crippen LogP contribution in [0.4, 0.5) is 0 Å². The van der Waals surface area contributed by atoms with E-state index in [4.69, 9.17) is 0 Å². The van der Waals surface area contributed by atoms with Gasteiger partial charge >= 0.3 is 0 Å². The van der Waals surface area contributed by atoms with Gasteiger partial charge in [0, 0.05) is 10.6 Å². The number of hydrogen-bond acceptors (Lipinski definition) is 2. The van der Waals surface area contributed by atoms with E-state index in [-0.39, 0.29) is 0 Å². The Morgan fingerprint density at radius 1 is 1.00 bits per heavy atom. The van der Waals surface area contributed by atoms with Crippen molar-refractivity contribution in [3.63, 3.8) is 0 Å². The van der Waals surface area contributed by atoms with Gasteiger partial charge < -0.3 is 0 Å². The molecule has 2 aromatic carbocycles. The Labute approximate surface area is 94.1 Å².